The molecule has 2 atom stereocenters. The summed E-state index contributed by atoms with van der Waals surface area (Å²) in [5.74, 6) is -2.46. The first-order valence-corrected chi connectivity index (χ1v) is 6.89. The molecule has 23 heavy (non-hydrogen) atoms. The summed E-state index contributed by atoms with van der Waals surface area (Å²) in [6.07, 6.45) is 0. The largest absolute Gasteiger partial charge is 0.454 e. The maximum atomic E-state index is 12.7. The predicted octanol–water partition coefficient (Wildman–Crippen LogP) is 1.89. The quantitative estimate of drug-likeness (QED) is 0.781. The molecule has 6 heteroatoms. The summed E-state index contributed by atoms with van der Waals surface area (Å²) >= 11 is 0. The molecule has 1 aromatic carbocycles. The van der Waals surface area contributed by atoms with Gasteiger partial charge in [0.1, 0.15) is 6.54 Å². The Kier molecular flexibility index (Phi) is 1.96. The van der Waals surface area contributed by atoms with Gasteiger partial charge in [-0.1, -0.05) is 30.3 Å². The van der Waals surface area contributed by atoms with Crippen LogP contribution in [0.1, 0.15) is 19.7 Å². The molecule has 2 heterocycles. The molecule has 0 N–H and O–H groups in total. The van der Waals surface area contributed by atoms with E-state index in [9.17, 15) is 9.59 Å². The van der Waals surface area contributed by atoms with Crippen molar-refractivity contribution in [3.63, 3.8) is 0 Å². The number of ether oxygens (including phenoxy) is 2. The van der Waals surface area contributed by atoms with E-state index in [1.54, 1.807) is 0 Å². The summed E-state index contributed by atoms with van der Waals surface area (Å²) in [7, 11) is 1.21. The lowest BCUT2D eigenvalue weighted by molar-refractivity contribution is -0.124. The van der Waals surface area contributed by atoms with Gasteiger partial charge in [0.25, 0.3) is 0 Å². The second-order valence-corrected chi connectivity index (χ2v) is 5.11. The fraction of sp³-hybridized carbons (Fsp3) is 0.294. The molecule has 3 amide bonds. The molecule has 118 valence electrons. The number of allylic oxidation sites excluding steroid dienone is 2. The minimum Gasteiger partial charge on any atom is -0.454 e. The lowest BCUT2D eigenvalue weighted by Gasteiger charge is -2.31. The summed E-state index contributed by atoms with van der Waals surface area (Å²) in [6.45, 7) is -0.631. The van der Waals surface area contributed by atoms with Crippen molar-refractivity contribution < 1.29 is 27.3 Å². The zero-order valence-electron chi connectivity index (χ0n) is 18.2. The topological polar surface area (TPSA) is 59.1 Å². The molecule has 0 unspecified atom stereocenters. The first-order chi connectivity index (χ1) is 13.5. The number of fused-ring (bicyclic) bond motifs is 1. The first-order valence-electron chi connectivity index (χ1n) is 9.89. The second-order valence-electron chi connectivity index (χ2n) is 5.11. The van der Waals surface area contributed by atoms with E-state index in [2.05, 4.69) is 0 Å². The minimum absolute atomic E-state index is 0.00134. The van der Waals surface area contributed by atoms with Crippen molar-refractivity contribution >= 4 is 11.9 Å². The molecule has 0 radical (unpaired) electrons. The molecule has 1 aromatic rings. The van der Waals surface area contributed by atoms with E-state index in [4.69, 9.17) is 17.7 Å². The van der Waals surface area contributed by atoms with Crippen molar-refractivity contribution in [3.8, 4) is 11.5 Å². The van der Waals surface area contributed by atoms with Crippen LogP contribution in [0.2, 0.25) is 0 Å². The number of likely N-dealkylation sites (N-methyl/N-ethyl adjacent to an activating group) is 1. The van der Waals surface area contributed by atoms with Crippen LogP contribution in [0.15, 0.2) is 42.4 Å². The van der Waals surface area contributed by atoms with Crippen LogP contribution >= 0.6 is 0 Å². The third kappa shape index (κ3) is 2.18. The average Bonchev–Trinajstić information content (AvgIpc) is 3.29. The van der Waals surface area contributed by atoms with E-state index < -0.39 is 54.6 Å². The monoisotopic (exact) mass is 318 g/mol. The Morgan fingerprint density at radius 2 is 2.00 bits per heavy atom. The zero-order chi connectivity index (χ0) is 21.3. The summed E-state index contributed by atoms with van der Waals surface area (Å²) in [5.41, 5.74) is -0.00134. The highest BCUT2D eigenvalue weighted by Gasteiger charge is 2.40. The highest BCUT2D eigenvalue weighted by molar-refractivity contribution is 6.02. The molecule has 1 fully saturated rings. The van der Waals surface area contributed by atoms with E-state index >= 15 is 0 Å². The lowest BCUT2D eigenvalue weighted by Crippen LogP contribution is -2.41. The SMILES string of the molecule is [2H]C1=C([2H])[C@]([2H])(c2ccc3c(c2)OCO3)[C@@]([2H])(N2CC(=O)N(C)C2=O)C([2H])=C1[2H]. The number of urea groups is 1. The van der Waals surface area contributed by atoms with Crippen LogP contribution < -0.4 is 9.47 Å². The van der Waals surface area contributed by atoms with Gasteiger partial charge in [0.2, 0.25) is 12.7 Å². The summed E-state index contributed by atoms with van der Waals surface area (Å²) in [4.78, 5) is 26.2. The van der Waals surface area contributed by atoms with Gasteiger partial charge in [-0.3, -0.25) is 9.69 Å². The van der Waals surface area contributed by atoms with Crippen molar-refractivity contribution in [2.24, 2.45) is 0 Å². The van der Waals surface area contributed by atoms with Crippen molar-refractivity contribution in [2.75, 3.05) is 20.4 Å². The van der Waals surface area contributed by atoms with E-state index in [-0.39, 0.29) is 18.1 Å². The Morgan fingerprint density at radius 1 is 1.22 bits per heavy atom. The average molecular weight is 318 g/mol. The molecule has 0 bridgehead atoms. The number of hydrogen-bond acceptors (Lipinski definition) is 4. The number of rotatable bonds is 2. The van der Waals surface area contributed by atoms with Gasteiger partial charge in [0.05, 0.1) is 12.9 Å². The molecule has 6 nitrogen and oxygen atoms in total. The molecule has 3 aliphatic rings. The van der Waals surface area contributed by atoms with E-state index in [0.717, 1.165) is 4.90 Å². The number of imide groups is 1. The summed E-state index contributed by atoms with van der Waals surface area (Å²) in [6, 6.07) is -2.32. The van der Waals surface area contributed by atoms with E-state index in [0.29, 0.717) is 10.6 Å². The molecular weight excluding hydrogens is 296 g/mol. The van der Waals surface area contributed by atoms with Gasteiger partial charge in [-0.25, -0.2) is 4.79 Å². The van der Waals surface area contributed by atoms with Crippen molar-refractivity contribution in [1.29, 1.82) is 0 Å². The van der Waals surface area contributed by atoms with E-state index in [1.165, 1.54) is 25.2 Å². The van der Waals surface area contributed by atoms with Crippen LogP contribution in [0.3, 0.4) is 0 Å². The van der Waals surface area contributed by atoms with Gasteiger partial charge in [-0.05, 0) is 17.7 Å². The number of carbonyl (C=O) groups excluding carboxylic acids is 2. The highest BCUT2D eigenvalue weighted by Crippen LogP contribution is 2.38. The Morgan fingerprint density at radius 3 is 2.78 bits per heavy atom. The maximum absolute atomic E-state index is 12.7. The van der Waals surface area contributed by atoms with Crippen LogP contribution in [0.4, 0.5) is 4.79 Å². The van der Waals surface area contributed by atoms with Crippen LogP contribution in [0.5, 0.6) is 11.5 Å². The lowest BCUT2D eigenvalue weighted by atomic mass is 9.87. The second kappa shape index (κ2) is 5.15. The van der Waals surface area contributed by atoms with Crippen LogP contribution in [-0.4, -0.2) is 48.1 Å². The summed E-state index contributed by atoms with van der Waals surface area (Å²) < 4.78 is 61.5. The number of amides is 3. The Labute approximate surface area is 142 Å². The molecule has 1 aliphatic carbocycles. The summed E-state index contributed by atoms with van der Waals surface area (Å²) in [5, 5.41) is 0. The molecule has 0 aromatic heterocycles. The number of hydrogen-bond donors (Lipinski definition) is 0. The van der Waals surface area contributed by atoms with E-state index in [1.807, 2.05) is 0 Å². The third-order valence-corrected chi connectivity index (χ3v) is 3.78. The van der Waals surface area contributed by atoms with Crippen molar-refractivity contribution in [1.82, 2.24) is 9.80 Å². The van der Waals surface area contributed by atoms with Gasteiger partial charge in [0.15, 0.2) is 11.5 Å². The standard InChI is InChI=1S/C17H16N2O4/c1-18-16(20)9-19(17(18)21)13-5-3-2-4-12(13)11-6-7-14-15(8-11)23-10-22-14/h2-8,12-13H,9-10H2,1H3/t12-,13+/m1/s1/i2D,3D,4D,5D,12D,13D. The Hall–Kier alpha value is -2.76. The fourth-order valence-electron chi connectivity index (χ4n) is 2.54. The first kappa shape index (κ1) is 8.76. The molecular formula is C17H16N2O4. The third-order valence-electron chi connectivity index (χ3n) is 3.78. The molecule has 0 saturated carbocycles. The molecule has 1 saturated heterocycles. The normalized spacial score (nSPS) is 37.4. The van der Waals surface area contributed by atoms with Gasteiger partial charge in [0, 0.05) is 14.3 Å². The van der Waals surface area contributed by atoms with Gasteiger partial charge < -0.3 is 14.4 Å². The van der Waals surface area contributed by atoms with Gasteiger partial charge in [-0.2, -0.15) is 0 Å². The van der Waals surface area contributed by atoms with Gasteiger partial charge in [-0.15, -0.1) is 0 Å². The maximum Gasteiger partial charge on any atom is 0.327 e. The Bertz CT molecular complexity index is 1030. The van der Waals surface area contributed by atoms with Crippen molar-refractivity contribution in [3.05, 3.63) is 48.0 Å². The predicted molar refractivity (Wildman–Crippen MR) is 82.2 cm³/mol. The van der Waals surface area contributed by atoms with Crippen LogP contribution in [0, 0.1) is 0 Å². The highest BCUT2D eigenvalue weighted by atomic mass is 16.7. The molecule has 0 spiro atoms. The number of benzene rings is 1. The van der Waals surface area contributed by atoms with Crippen LogP contribution in [0.25, 0.3) is 0 Å². The fourth-order valence-corrected chi connectivity index (χ4v) is 2.54. The van der Waals surface area contributed by atoms with Crippen LogP contribution in [-0.2, 0) is 4.79 Å². The zero-order valence-corrected chi connectivity index (χ0v) is 12.2. The van der Waals surface area contributed by atoms with Crippen molar-refractivity contribution in [2.45, 2.75) is 11.9 Å². The number of carbonyl (C=O) groups is 2. The minimum atomic E-state index is -2.63. The Balaban J connectivity index is 1.99. The smallest absolute Gasteiger partial charge is 0.327 e. The number of nitrogens with zero attached hydrogens (tertiary/aromatic N) is 2. The molecule has 2 aliphatic heterocycles. The molecule has 4 rings (SSSR count). The van der Waals surface area contributed by atoms with Gasteiger partial charge >= 0.3 is 6.03 Å².